The largest absolute Gasteiger partial charge is 0.388 e. The fraction of sp³-hybridized carbons (Fsp3) is 0.615. The molecule has 1 amide bonds. The highest BCUT2D eigenvalue weighted by Gasteiger charge is 2.32. The van der Waals surface area contributed by atoms with Crippen LogP contribution in [0.3, 0.4) is 0 Å². The van der Waals surface area contributed by atoms with Crippen molar-refractivity contribution in [1.82, 2.24) is 5.32 Å². The molecule has 3 nitrogen and oxygen atoms in total. The molecule has 0 unspecified atom stereocenters. The summed E-state index contributed by atoms with van der Waals surface area (Å²) < 4.78 is 1.10. The standard InChI is InChI=1S/C13H18INO2S/c1-9-2-4-13(17,5-3-9)8-15-12(16)10-6-11(14)18-7-10/h6-7,9,17H,2-5,8H2,1H3,(H,15,16). The third-order valence-corrected chi connectivity index (χ3v) is 5.40. The number of carbonyl (C=O) groups excluding carboxylic acids is 1. The predicted molar refractivity (Wildman–Crippen MR) is 82.0 cm³/mol. The molecule has 1 aromatic rings. The van der Waals surface area contributed by atoms with Gasteiger partial charge < -0.3 is 10.4 Å². The van der Waals surface area contributed by atoms with Crippen molar-refractivity contribution in [2.24, 2.45) is 5.92 Å². The van der Waals surface area contributed by atoms with Gasteiger partial charge in [0.25, 0.3) is 5.91 Å². The summed E-state index contributed by atoms with van der Waals surface area (Å²) in [4.78, 5) is 11.9. The minimum Gasteiger partial charge on any atom is -0.388 e. The van der Waals surface area contributed by atoms with E-state index >= 15 is 0 Å². The summed E-state index contributed by atoms with van der Waals surface area (Å²) >= 11 is 3.76. The third-order valence-electron chi connectivity index (χ3n) is 3.61. The molecule has 100 valence electrons. The number of hydrogen-bond acceptors (Lipinski definition) is 3. The van der Waals surface area contributed by atoms with Gasteiger partial charge >= 0.3 is 0 Å². The molecule has 0 saturated heterocycles. The maximum Gasteiger partial charge on any atom is 0.252 e. The number of rotatable bonds is 3. The molecule has 2 N–H and O–H groups in total. The Bertz CT molecular complexity index is 424. The van der Waals surface area contributed by atoms with Crippen molar-refractivity contribution >= 4 is 39.8 Å². The number of aliphatic hydroxyl groups is 1. The molecule has 0 spiro atoms. The van der Waals surface area contributed by atoms with Crippen molar-refractivity contribution in [2.45, 2.75) is 38.2 Å². The molecule has 0 atom stereocenters. The predicted octanol–water partition coefficient (Wildman–Crippen LogP) is 3.02. The fourth-order valence-corrected chi connectivity index (χ4v) is 3.58. The number of halogens is 1. The number of hydrogen-bond donors (Lipinski definition) is 2. The van der Waals surface area contributed by atoms with E-state index in [0.29, 0.717) is 18.0 Å². The van der Waals surface area contributed by atoms with Crippen LogP contribution in [-0.4, -0.2) is 23.2 Å². The van der Waals surface area contributed by atoms with Crippen LogP contribution in [0.1, 0.15) is 43.0 Å². The van der Waals surface area contributed by atoms with Crippen LogP contribution in [0.15, 0.2) is 11.4 Å². The molecule has 5 heteroatoms. The summed E-state index contributed by atoms with van der Waals surface area (Å²) in [6.07, 6.45) is 3.66. The molecule has 0 aromatic carbocycles. The van der Waals surface area contributed by atoms with Crippen molar-refractivity contribution in [3.8, 4) is 0 Å². The highest BCUT2D eigenvalue weighted by atomic mass is 127. The Kier molecular flexibility index (Phi) is 4.66. The van der Waals surface area contributed by atoms with Gasteiger partial charge in [0.15, 0.2) is 0 Å². The Hall–Kier alpha value is -0.140. The Balaban J connectivity index is 1.86. The molecule has 1 fully saturated rings. The SMILES string of the molecule is CC1CCC(O)(CNC(=O)c2csc(I)c2)CC1. The van der Waals surface area contributed by atoms with Gasteiger partial charge in [0.05, 0.1) is 14.0 Å². The molecule has 1 aliphatic carbocycles. The van der Waals surface area contributed by atoms with E-state index in [1.165, 1.54) is 0 Å². The first-order valence-corrected chi connectivity index (χ1v) is 8.19. The lowest BCUT2D eigenvalue weighted by atomic mass is 9.79. The second-order valence-electron chi connectivity index (χ2n) is 5.23. The van der Waals surface area contributed by atoms with Gasteiger partial charge in [-0.05, 0) is 60.3 Å². The summed E-state index contributed by atoms with van der Waals surface area (Å²) in [6.45, 7) is 2.58. The van der Waals surface area contributed by atoms with E-state index in [9.17, 15) is 9.90 Å². The number of nitrogens with one attached hydrogen (secondary N) is 1. The summed E-state index contributed by atoms with van der Waals surface area (Å²) in [5, 5.41) is 15.1. The van der Waals surface area contributed by atoms with Crippen molar-refractivity contribution < 1.29 is 9.90 Å². The second kappa shape index (κ2) is 5.88. The quantitative estimate of drug-likeness (QED) is 0.794. The molecular formula is C13H18INO2S. The van der Waals surface area contributed by atoms with E-state index in [1.807, 2.05) is 11.4 Å². The number of carbonyl (C=O) groups is 1. The second-order valence-corrected chi connectivity index (χ2v) is 8.03. The first-order valence-electron chi connectivity index (χ1n) is 6.23. The Morgan fingerprint density at radius 2 is 2.28 bits per heavy atom. The van der Waals surface area contributed by atoms with E-state index in [0.717, 1.165) is 28.6 Å². The van der Waals surface area contributed by atoms with Crippen molar-refractivity contribution in [3.05, 3.63) is 19.9 Å². The van der Waals surface area contributed by atoms with Gasteiger partial charge in [0, 0.05) is 11.9 Å². The average molecular weight is 379 g/mol. The Morgan fingerprint density at radius 1 is 1.61 bits per heavy atom. The molecule has 1 heterocycles. The minimum atomic E-state index is -0.703. The summed E-state index contributed by atoms with van der Waals surface area (Å²) in [7, 11) is 0. The van der Waals surface area contributed by atoms with Crippen LogP contribution in [-0.2, 0) is 0 Å². The maximum absolute atomic E-state index is 11.9. The molecule has 1 saturated carbocycles. The van der Waals surface area contributed by atoms with E-state index in [4.69, 9.17) is 0 Å². The van der Waals surface area contributed by atoms with Crippen LogP contribution in [0, 0.1) is 8.80 Å². The van der Waals surface area contributed by atoms with Gasteiger partial charge in [-0.25, -0.2) is 0 Å². The average Bonchev–Trinajstić information content (AvgIpc) is 2.77. The topological polar surface area (TPSA) is 49.3 Å². The van der Waals surface area contributed by atoms with Gasteiger partial charge in [-0.1, -0.05) is 6.92 Å². The third kappa shape index (κ3) is 3.68. The highest BCUT2D eigenvalue weighted by Crippen LogP contribution is 2.31. The lowest BCUT2D eigenvalue weighted by Gasteiger charge is -2.34. The first-order chi connectivity index (χ1) is 8.48. The maximum atomic E-state index is 11.9. The Labute approximate surface area is 125 Å². The van der Waals surface area contributed by atoms with Gasteiger partial charge in [-0.2, -0.15) is 0 Å². The number of thiophene rings is 1. The molecule has 0 radical (unpaired) electrons. The normalized spacial score (nSPS) is 28.1. The van der Waals surface area contributed by atoms with E-state index in [2.05, 4.69) is 34.8 Å². The molecule has 0 bridgehead atoms. The van der Waals surface area contributed by atoms with Crippen LogP contribution in [0.5, 0.6) is 0 Å². The summed E-state index contributed by atoms with van der Waals surface area (Å²) in [5.41, 5.74) is -0.0112. The zero-order valence-electron chi connectivity index (χ0n) is 10.4. The van der Waals surface area contributed by atoms with E-state index in [-0.39, 0.29) is 5.91 Å². The first kappa shape index (κ1) is 14.3. The lowest BCUT2D eigenvalue weighted by Crippen LogP contribution is -2.45. The van der Waals surface area contributed by atoms with Crippen molar-refractivity contribution in [1.29, 1.82) is 0 Å². The minimum absolute atomic E-state index is 0.0822. The monoisotopic (exact) mass is 379 g/mol. The van der Waals surface area contributed by atoms with Gasteiger partial charge in [-0.3, -0.25) is 4.79 Å². The molecule has 2 rings (SSSR count). The highest BCUT2D eigenvalue weighted by molar-refractivity contribution is 14.1. The van der Waals surface area contributed by atoms with Gasteiger partial charge in [-0.15, -0.1) is 11.3 Å². The number of amides is 1. The molecular weight excluding hydrogens is 361 g/mol. The van der Waals surface area contributed by atoms with Crippen LogP contribution in [0.25, 0.3) is 0 Å². The molecule has 0 aliphatic heterocycles. The zero-order valence-corrected chi connectivity index (χ0v) is 13.4. The molecule has 1 aliphatic rings. The van der Waals surface area contributed by atoms with Gasteiger partial charge in [0.2, 0.25) is 0 Å². The van der Waals surface area contributed by atoms with E-state index < -0.39 is 5.60 Å². The molecule has 18 heavy (non-hydrogen) atoms. The summed E-state index contributed by atoms with van der Waals surface area (Å²) in [5.74, 6) is 0.612. The smallest absolute Gasteiger partial charge is 0.252 e. The van der Waals surface area contributed by atoms with Crippen molar-refractivity contribution in [2.75, 3.05) is 6.54 Å². The van der Waals surface area contributed by atoms with Crippen LogP contribution in [0.2, 0.25) is 0 Å². The van der Waals surface area contributed by atoms with Crippen LogP contribution < -0.4 is 5.32 Å². The van der Waals surface area contributed by atoms with Gasteiger partial charge in [0.1, 0.15) is 0 Å². The van der Waals surface area contributed by atoms with E-state index in [1.54, 1.807) is 11.3 Å². The van der Waals surface area contributed by atoms with Crippen molar-refractivity contribution in [3.63, 3.8) is 0 Å². The van der Waals surface area contributed by atoms with Crippen LogP contribution in [0.4, 0.5) is 0 Å². The van der Waals surface area contributed by atoms with Crippen LogP contribution >= 0.6 is 33.9 Å². The molecule has 1 aromatic heterocycles. The fourth-order valence-electron chi connectivity index (χ4n) is 2.25. The lowest BCUT2D eigenvalue weighted by molar-refractivity contribution is -0.00539. The summed E-state index contributed by atoms with van der Waals surface area (Å²) in [6, 6.07) is 1.87. The zero-order chi connectivity index (χ0) is 13.2. The Morgan fingerprint density at radius 3 is 2.83 bits per heavy atom.